The average Bonchev–Trinajstić information content (AvgIpc) is 2.76. The second-order valence-electron chi connectivity index (χ2n) is 7.48. The summed E-state index contributed by atoms with van der Waals surface area (Å²) < 4.78 is 5.88. The standard InChI is InChI=1S/C23H29N3O3.ClH/c1-17-5-2-6-18(13-17)16-29-21-9-3-7-19(14-21)23(28)26-12-4-8-20(15-26)22(27)25-11-10-24;/h2-3,5-7,9,13-14,20H,4,8,10-12,15-16,24H2,1H3,(H,25,27);1H. The fourth-order valence-electron chi connectivity index (χ4n) is 3.59. The summed E-state index contributed by atoms with van der Waals surface area (Å²) >= 11 is 0. The van der Waals surface area contributed by atoms with Crippen LogP contribution in [0.3, 0.4) is 0 Å². The van der Waals surface area contributed by atoms with E-state index in [1.807, 2.05) is 37.3 Å². The van der Waals surface area contributed by atoms with Gasteiger partial charge in [-0.05, 0) is 43.5 Å². The molecule has 0 radical (unpaired) electrons. The lowest BCUT2D eigenvalue weighted by Gasteiger charge is -2.32. The summed E-state index contributed by atoms with van der Waals surface area (Å²) in [7, 11) is 0. The van der Waals surface area contributed by atoms with Gasteiger partial charge in [0.15, 0.2) is 0 Å². The molecule has 1 aliphatic rings. The molecule has 0 saturated carbocycles. The van der Waals surface area contributed by atoms with Crippen LogP contribution in [0.2, 0.25) is 0 Å². The SMILES string of the molecule is Cc1cccc(COc2cccc(C(=O)N3CCCC(C(=O)NCCN)C3)c2)c1.Cl. The van der Waals surface area contributed by atoms with Crippen molar-refractivity contribution in [2.24, 2.45) is 11.7 Å². The number of hydrogen-bond acceptors (Lipinski definition) is 4. The van der Waals surface area contributed by atoms with E-state index in [9.17, 15) is 9.59 Å². The second kappa shape index (κ2) is 11.6. The number of carbonyl (C=O) groups is 2. The number of nitrogens with one attached hydrogen (secondary N) is 1. The number of halogens is 1. The summed E-state index contributed by atoms with van der Waals surface area (Å²) in [6.45, 7) is 4.47. The van der Waals surface area contributed by atoms with Crippen molar-refractivity contribution in [1.82, 2.24) is 10.2 Å². The number of carbonyl (C=O) groups excluding carboxylic acids is 2. The molecule has 0 aliphatic carbocycles. The van der Waals surface area contributed by atoms with Crippen molar-refractivity contribution in [1.29, 1.82) is 0 Å². The molecule has 1 unspecified atom stereocenters. The molecule has 0 aromatic heterocycles. The highest BCUT2D eigenvalue weighted by Gasteiger charge is 2.28. The first-order chi connectivity index (χ1) is 14.1. The van der Waals surface area contributed by atoms with Crippen molar-refractivity contribution in [2.75, 3.05) is 26.2 Å². The summed E-state index contributed by atoms with van der Waals surface area (Å²) in [5, 5.41) is 2.82. The van der Waals surface area contributed by atoms with E-state index in [0.29, 0.717) is 44.1 Å². The van der Waals surface area contributed by atoms with E-state index >= 15 is 0 Å². The van der Waals surface area contributed by atoms with E-state index in [2.05, 4.69) is 11.4 Å². The van der Waals surface area contributed by atoms with Crippen LogP contribution >= 0.6 is 12.4 Å². The second-order valence-corrected chi connectivity index (χ2v) is 7.48. The number of nitrogens with zero attached hydrogens (tertiary/aromatic N) is 1. The van der Waals surface area contributed by atoms with E-state index < -0.39 is 0 Å². The minimum Gasteiger partial charge on any atom is -0.489 e. The zero-order valence-electron chi connectivity index (χ0n) is 17.3. The lowest BCUT2D eigenvalue weighted by molar-refractivity contribution is -0.126. The Labute approximate surface area is 184 Å². The average molecular weight is 432 g/mol. The van der Waals surface area contributed by atoms with E-state index in [4.69, 9.17) is 10.5 Å². The minimum atomic E-state index is -0.181. The van der Waals surface area contributed by atoms with Crippen molar-refractivity contribution in [2.45, 2.75) is 26.4 Å². The van der Waals surface area contributed by atoms with Crippen molar-refractivity contribution in [3.63, 3.8) is 0 Å². The van der Waals surface area contributed by atoms with E-state index in [1.54, 1.807) is 17.0 Å². The molecule has 1 fully saturated rings. The molecule has 3 rings (SSSR count). The van der Waals surface area contributed by atoms with Crippen LogP contribution in [0.4, 0.5) is 0 Å². The molecule has 0 spiro atoms. The van der Waals surface area contributed by atoms with Gasteiger partial charge in [-0.15, -0.1) is 12.4 Å². The number of ether oxygens (including phenoxy) is 1. The number of likely N-dealkylation sites (tertiary alicyclic amines) is 1. The first kappa shape index (κ1) is 23.7. The summed E-state index contributed by atoms with van der Waals surface area (Å²) in [5.74, 6) is 0.386. The Balaban J connectivity index is 0.00000320. The van der Waals surface area contributed by atoms with Crippen LogP contribution in [0.25, 0.3) is 0 Å². The largest absolute Gasteiger partial charge is 0.489 e. The number of rotatable bonds is 7. The fraction of sp³-hybridized carbons (Fsp3) is 0.391. The topological polar surface area (TPSA) is 84.7 Å². The molecule has 2 amide bonds. The van der Waals surface area contributed by atoms with Crippen LogP contribution in [0.1, 0.15) is 34.3 Å². The molecule has 2 aromatic rings. The van der Waals surface area contributed by atoms with Gasteiger partial charge in [0, 0.05) is 31.7 Å². The number of amides is 2. The summed E-state index contributed by atoms with van der Waals surface area (Å²) in [6.07, 6.45) is 1.61. The molecule has 1 atom stereocenters. The third-order valence-corrected chi connectivity index (χ3v) is 5.09. The summed E-state index contributed by atoms with van der Waals surface area (Å²) in [5.41, 5.74) is 8.30. The Morgan fingerprint density at radius 1 is 1.20 bits per heavy atom. The maximum atomic E-state index is 13.0. The van der Waals surface area contributed by atoms with Gasteiger partial charge >= 0.3 is 0 Å². The zero-order chi connectivity index (χ0) is 20.6. The third kappa shape index (κ3) is 6.47. The molecule has 3 N–H and O–H groups in total. The van der Waals surface area contributed by atoms with Crippen molar-refractivity contribution in [3.05, 3.63) is 65.2 Å². The number of hydrogen-bond donors (Lipinski definition) is 2. The number of aryl methyl sites for hydroxylation is 1. The van der Waals surface area contributed by atoms with Crippen LogP contribution < -0.4 is 15.8 Å². The lowest BCUT2D eigenvalue weighted by Crippen LogP contribution is -2.46. The maximum Gasteiger partial charge on any atom is 0.254 e. The van der Waals surface area contributed by atoms with E-state index in [-0.39, 0.29) is 30.1 Å². The molecular formula is C23H30ClN3O3. The van der Waals surface area contributed by atoms with Crippen LogP contribution in [-0.2, 0) is 11.4 Å². The van der Waals surface area contributed by atoms with Gasteiger partial charge in [0.2, 0.25) is 5.91 Å². The van der Waals surface area contributed by atoms with Gasteiger partial charge < -0.3 is 20.7 Å². The first-order valence-corrected chi connectivity index (χ1v) is 10.1. The molecule has 162 valence electrons. The third-order valence-electron chi connectivity index (χ3n) is 5.09. The highest BCUT2D eigenvalue weighted by atomic mass is 35.5. The molecule has 2 aromatic carbocycles. The minimum absolute atomic E-state index is 0. The highest BCUT2D eigenvalue weighted by molar-refractivity contribution is 5.95. The van der Waals surface area contributed by atoms with Gasteiger partial charge in [0.1, 0.15) is 12.4 Å². The lowest BCUT2D eigenvalue weighted by atomic mass is 9.96. The van der Waals surface area contributed by atoms with Gasteiger partial charge in [0.25, 0.3) is 5.91 Å². The van der Waals surface area contributed by atoms with Gasteiger partial charge in [0.05, 0.1) is 5.92 Å². The van der Waals surface area contributed by atoms with Gasteiger partial charge in [-0.1, -0.05) is 35.9 Å². The van der Waals surface area contributed by atoms with Crippen LogP contribution in [0, 0.1) is 12.8 Å². The molecule has 1 heterocycles. The van der Waals surface area contributed by atoms with Gasteiger partial charge in [-0.2, -0.15) is 0 Å². The van der Waals surface area contributed by atoms with E-state index in [1.165, 1.54) is 5.56 Å². The van der Waals surface area contributed by atoms with Gasteiger partial charge in [-0.3, -0.25) is 9.59 Å². The quantitative estimate of drug-likeness (QED) is 0.705. The van der Waals surface area contributed by atoms with Crippen molar-refractivity contribution in [3.8, 4) is 5.75 Å². The molecule has 0 bridgehead atoms. The monoisotopic (exact) mass is 431 g/mol. The molecule has 1 aliphatic heterocycles. The van der Waals surface area contributed by atoms with Crippen molar-refractivity contribution < 1.29 is 14.3 Å². The summed E-state index contributed by atoms with van der Waals surface area (Å²) in [6, 6.07) is 15.4. The number of benzene rings is 2. The normalized spacial score (nSPS) is 15.8. The Hall–Kier alpha value is -2.57. The molecule has 1 saturated heterocycles. The predicted octanol–water partition coefficient (Wildman–Crippen LogP) is 2.92. The smallest absolute Gasteiger partial charge is 0.254 e. The predicted molar refractivity (Wildman–Crippen MR) is 120 cm³/mol. The Bertz CT molecular complexity index is 859. The zero-order valence-corrected chi connectivity index (χ0v) is 18.1. The van der Waals surface area contributed by atoms with Crippen LogP contribution in [0.5, 0.6) is 5.75 Å². The summed E-state index contributed by atoms with van der Waals surface area (Å²) in [4.78, 5) is 27.0. The number of piperidine rings is 1. The molecule has 30 heavy (non-hydrogen) atoms. The van der Waals surface area contributed by atoms with Crippen LogP contribution in [-0.4, -0.2) is 42.9 Å². The molecule has 6 nitrogen and oxygen atoms in total. The molecular weight excluding hydrogens is 402 g/mol. The maximum absolute atomic E-state index is 13.0. The van der Waals surface area contributed by atoms with Crippen LogP contribution in [0.15, 0.2) is 48.5 Å². The van der Waals surface area contributed by atoms with Crippen molar-refractivity contribution >= 4 is 24.2 Å². The Kier molecular flexibility index (Phi) is 9.15. The molecule has 7 heteroatoms. The Morgan fingerprint density at radius 2 is 2.00 bits per heavy atom. The van der Waals surface area contributed by atoms with Gasteiger partial charge in [-0.25, -0.2) is 0 Å². The van der Waals surface area contributed by atoms with E-state index in [0.717, 1.165) is 18.4 Å². The Morgan fingerprint density at radius 3 is 2.77 bits per heavy atom. The highest BCUT2D eigenvalue weighted by Crippen LogP contribution is 2.21. The first-order valence-electron chi connectivity index (χ1n) is 10.1. The number of nitrogens with two attached hydrogens (primary N) is 1. The fourth-order valence-corrected chi connectivity index (χ4v) is 3.59.